The molecule has 4 heteroatoms. The molecule has 0 saturated carbocycles. The van der Waals surface area contributed by atoms with Crippen molar-refractivity contribution < 1.29 is 9.53 Å². The van der Waals surface area contributed by atoms with Gasteiger partial charge in [-0.3, -0.25) is 4.79 Å². The molecule has 0 amide bonds. The smallest absolute Gasteiger partial charge is 0.165 e. The summed E-state index contributed by atoms with van der Waals surface area (Å²) in [4.78, 5) is 11.7. The van der Waals surface area contributed by atoms with Crippen LogP contribution in [0.4, 0.5) is 0 Å². The molecule has 0 aromatic heterocycles. The molecule has 0 saturated heterocycles. The number of Topliss-reactive ketones (excluding diaryl/α,β-unsaturated/α-hetero) is 1. The van der Waals surface area contributed by atoms with Crippen molar-refractivity contribution in [2.75, 3.05) is 6.61 Å². The van der Waals surface area contributed by atoms with Crippen LogP contribution in [0.1, 0.15) is 30.6 Å². The predicted molar refractivity (Wildman–Crippen MR) is 66.5 cm³/mol. The largest absolute Gasteiger partial charge is 0.378 e. The van der Waals surface area contributed by atoms with E-state index in [1.807, 2.05) is 13.8 Å². The highest BCUT2D eigenvalue weighted by Gasteiger charge is 2.08. The highest BCUT2D eigenvalue weighted by Crippen LogP contribution is 2.23. The lowest BCUT2D eigenvalue weighted by atomic mass is 10.1. The third-order valence-corrected chi connectivity index (χ3v) is 2.76. The first kappa shape index (κ1) is 13.5. The predicted octanol–water partition coefficient (Wildman–Crippen LogP) is 3.99. The van der Waals surface area contributed by atoms with Crippen molar-refractivity contribution in [2.45, 2.75) is 26.4 Å². The number of benzene rings is 1. The topological polar surface area (TPSA) is 26.3 Å². The lowest BCUT2D eigenvalue weighted by Gasteiger charge is -2.07. The number of hydrogen-bond donors (Lipinski definition) is 0. The van der Waals surface area contributed by atoms with Crippen LogP contribution in [0.2, 0.25) is 10.0 Å². The van der Waals surface area contributed by atoms with Gasteiger partial charge < -0.3 is 4.74 Å². The van der Waals surface area contributed by atoms with Crippen molar-refractivity contribution in [3.63, 3.8) is 0 Å². The number of carbonyl (C=O) groups excluding carboxylic acids is 1. The lowest BCUT2D eigenvalue weighted by Crippen LogP contribution is -2.09. The summed E-state index contributed by atoms with van der Waals surface area (Å²) in [5.74, 6) is 0.0132. The minimum Gasteiger partial charge on any atom is -0.378 e. The van der Waals surface area contributed by atoms with Crippen molar-refractivity contribution in [1.29, 1.82) is 0 Å². The average Bonchev–Trinajstić information content (AvgIpc) is 2.21. The van der Waals surface area contributed by atoms with E-state index >= 15 is 0 Å². The summed E-state index contributed by atoms with van der Waals surface area (Å²) in [5, 5.41) is 0.856. The highest BCUT2D eigenvalue weighted by atomic mass is 35.5. The fourth-order valence-electron chi connectivity index (χ4n) is 1.20. The Kier molecular flexibility index (Phi) is 5.26. The molecule has 1 aromatic rings. The Morgan fingerprint density at radius 2 is 2.00 bits per heavy atom. The number of ketones is 1. The van der Waals surface area contributed by atoms with E-state index in [1.165, 1.54) is 0 Å². The number of halogens is 2. The van der Waals surface area contributed by atoms with Crippen LogP contribution < -0.4 is 0 Å². The monoisotopic (exact) mass is 260 g/mol. The second kappa shape index (κ2) is 6.24. The first-order valence-electron chi connectivity index (χ1n) is 5.10. The zero-order valence-electron chi connectivity index (χ0n) is 9.30. The first-order valence-corrected chi connectivity index (χ1v) is 5.86. The standard InChI is InChI=1S/C12H14Cl2O2/c1-8(2)16-6-5-12(15)9-3-4-10(13)11(14)7-9/h3-4,7-8H,5-6H2,1-2H3. The van der Waals surface area contributed by atoms with Gasteiger partial charge in [0.05, 0.1) is 22.8 Å². The van der Waals surface area contributed by atoms with Crippen molar-refractivity contribution in [2.24, 2.45) is 0 Å². The van der Waals surface area contributed by atoms with Gasteiger partial charge in [0.15, 0.2) is 5.78 Å². The van der Waals surface area contributed by atoms with Crippen molar-refractivity contribution in [3.05, 3.63) is 33.8 Å². The summed E-state index contributed by atoms with van der Waals surface area (Å²) < 4.78 is 5.31. The Morgan fingerprint density at radius 3 is 2.56 bits per heavy atom. The van der Waals surface area contributed by atoms with Gasteiger partial charge in [0.1, 0.15) is 0 Å². The Morgan fingerprint density at radius 1 is 1.31 bits per heavy atom. The van der Waals surface area contributed by atoms with Crippen LogP contribution in [-0.2, 0) is 4.74 Å². The molecule has 0 unspecified atom stereocenters. The minimum atomic E-state index is 0.0132. The third-order valence-electron chi connectivity index (χ3n) is 2.02. The SMILES string of the molecule is CC(C)OCCC(=O)c1ccc(Cl)c(Cl)c1. The van der Waals surface area contributed by atoms with Gasteiger partial charge in [0.2, 0.25) is 0 Å². The molecule has 0 heterocycles. The molecule has 16 heavy (non-hydrogen) atoms. The van der Waals surface area contributed by atoms with E-state index in [0.29, 0.717) is 28.6 Å². The molecule has 0 spiro atoms. The molecule has 0 N–H and O–H groups in total. The number of rotatable bonds is 5. The summed E-state index contributed by atoms with van der Waals surface area (Å²) in [6.07, 6.45) is 0.498. The van der Waals surface area contributed by atoms with Gasteiger partial charge in [-0.15, -0.1) is 0 Å². The van der Waals surface area contributed by atoms with Crippen LogP contribution >= 0.6 is 23.2 Å². The second-order valence-electron chi connectivity index (χ2n) is 3.72. The van der Waals surface area contributed by atoms with E-state index in [-0.39, 0.29) is 11.9 Å². The van der Waals surface area contributed by atoms with Gasteiger partial charge in [-0.05, 0) is 32.0 Å². The quantitative estimate of drug-likeness (QED) is 0.749. The molecule has 0 aliphatic rings. The van der Waals surface area contributed by atoms with E-state index in [9.17, 15) is 4.79 Å². The van der Waals surface area contributed by atoms with Crippen LogP contribution in [0.5, 0.6) is 0 Å². The summed E-state index contributed by atoms with van der Waals surface area (Å²) >= 11 is 11.6. The van der Waals surface area contributed by atoms with Crippen LogP contribution in [0.3, 0.4) is 0 Å². The molecule has 0 aliphatic carbocycles. The molecule has 1 aromatic carbocycles. The van der Waals surface area contributed by atoms with Crippen LogP contribution in [0.25, 0.3) is 0 Å². The number of ether oxygens (including phenoxy) is 1. The molecule has 0 radical (unpaired) electrons. The van der Waals surface area contributed by atoms with E-state index in [2.05, 4.69) is 0 Å². The van der Waals surface area contributed by atoms with Crippen LogP contribution in [0, 0.1) is 0 Å². The van der Waals surface area contributed by atoms with E-state index in [4.69, 9.17) is 27.9 Å². The third kappa shape index (κ3) is 4.12. The van der Waals surface area contributed by atoms with Crippen molar-refractivity contribution in [1.82, 2.24) is 0 Å². The first-order chi connectivity index (χ1) is 7.50. The van der Waals surface area contributed by atoms with Gasteiger partial charge in [-0.1, -0.05) is 23.2 Å². The molecule has 0 fully saturated rings. The van der Waals surface area contributed by atoms with Crippen molar-refractivity contribution in [3.8, 4) is 0 Å². The molecule has 0 aliphatic heterocycles. The van der Waals surface area contributed by atoms with Gasteiger partial charge in [-0.25, -0.2) is 0 Å². The van der Waals surface area contributed by atoms with Gasteiger partial charge in [0, 0.05) is 12.0 Å². The van der Waals surface area contributed by atoms with Crippen LogP contribution in [-0.4, -0.2) is 18.5 Å². The zero-order chi connectivity index (χ0) is 12.1. The van der Waals surface area contributed by atoms with E-state index in [1.54, 1.807) is 18.2 Å². The Hall–Kier alpha value is -0.570. The summed E-state index contributed by atoms with van der Waals surface area (Å²) in [6.45, 7) is 4.30. The maximum Gasteiger partial charge on any atom is 0.165 e. The molecule has 1 rings (SSSR count). The highest BCUT2D eigenvalue weighted by molar-refractivity contribution is 6.42. The minimum absolute atomic E-state index is 0.0132. The average molecular weight is 261 g/mol. The molecule has 2 nitrogen and oxygen atoms in total. The fraction of sp³-hybridized carbons (Fsp3) is 0.417. The van der Waals surface area contributed by atoms with Crippen LogP contribution in [0.15, 0.2) is 18.2 Å². The Balaban J connectivity index is 2.56. The molecule has 88 valence electrons. The Labute approximate surface area is 106 Å². The number of hydrogen-bond acceptors (Lipinski definition) is 2. The summed E-state index contributed by atoms with van der Waals surface area (Å²) in [6, 6.07) is 4.88. The zero-order valence-corrected chi connectivity index (χ0v) is 10.8. The van der Waals surface area contributed by atoms with E-state index < -0.39 is 0 Å². The van der Waals surface area contributed by atoms with Gasteiger partial charge in [-0.2, -0.15) is 0 Å². The van der Waals surface area contributed by atoms with Gasteiger partial charge >= 0.3 is 0 Å². The lowest BCUT2D eigenvalue weighted by molar-refractivity contribution is 0.0678. The maximum absolute atomic E-state index is 11.7. The summed E-state index contributed by atoms with van der Waals surface area (Å²) in [5.41, 5.74) is 0.571. The second-order valence-corrected chi connectivity index (χ2v) is 4.54. The van der Waals surface area contributed by atoms with E-state index in [0.717, 1.165) is 0 Å². The van der Waals surface area contributed by atoms with Gasteiger partial charge in [0.25, 0.3) is 0 Å². The molecule has 0 bridgehead atoms. The number of carbonyl (C=O) groups is 1. The molecule has 0 atom stereocenters. The maximum atomic E-state index is 11.7. The van der Waals surface area contributed by atoms with Crippen molar-refractivity contribution >= 4 is 29.0 Å². The Bertz CT molecular complexity index is 375. The molecular weight excluding hydrogens is 247 g/mol. The molecular formula is C12H14Cl2O2. The normalized spacial score (nSPS) is 10.8. The fourth-order valence-corrected chi connectivity index (χ4v) is 1.50. The summed E-state index contributed by atoms with van der Waals surface area (Å²) in [7, 11) is 0.